The highest BCUT2D eigenvalue weighted by molar-refractivity contribution is 7.99. The second-order valence-corrected chi connectivity index (χ2v) is 5.32. The van der Waals surface area contributed by atoms with E-state index in [1.807, 2.05) is 30.7 Å². The summed E-state index contributed by atoms with van der Waals surface area (Å²) in [6, 6.07) is 10.4. The van der Waals surface area contributed by atoms with E-state index in [1.54, 1.807) is 11.8 Å². The third-order valence-electron chi connectivity index (χ3n) is 2.86. The maximum atomic E-state index is 9.20. The lowest BCUT2D eigenvalue weighted by Gasteiger charge is -2.01. The SMILES string of the molecule is CCSc1ccc(-c2nc(C)n(C)c2C#N)cc1. The molecule has 0 spiro atoms. The van der Waals surface area contributed by atoms with Crippen LogP contribution in [0.3, 0.4) is 0 Å². The molecule has 0 aliphatic heterocycles. The predicted molar refractivity (Wildman–Crippen MR) is 74.5 cm³/mol. The number of nitrogens with zero attached hydrogens (tertiary/aromatic N) is 3. The number of benzene rings is 1. The minimum Gasteiger partial charge on any atom is -0.323 e. The van der Waals surface area contributed by atoms with Crippen LogP contribution in [0.2, 0.25) is 0 Å². The number of imidazole rings is 1. The van der Waals surface area contributed by atoms with E-state index >= 15 is 0 Å². The van der Waals surface area contributed by atoms with Crippen LogP contribution in [0, 0.1) is 18.3 Å². The molecule has 18 heavy (non-hydrogen) atoms. The average molecular weight is 257 g/mol. The Morgan fingerprint density at radius 3 is 2.56 bits per heavy atom. The van der Waals surface area contributed by atoms with Crippen molar-refractivity contribution in [3.63, 3.8) is 0 Å². The first-order chi connectivity index (χ1) is 8.67. The Hall–Kier alpha value is -1.73. The van der Waals surface area contributed by atoms with Crippen LogP contribution < -0.4 is 0 Å². The van der Waals surface area contributed by atoms with E-state index < -0.39 is 0 Å². The lowest BCUT2D eigenvalue weighted by Crippen LogP contribution is -1.94. The fraction of sp³-hybridized carbons (Fsp3) is 0.286. The van der Waals surface area contributed by atoms with Gasteiger partial charge in [-0.25, -0.2) is 4.98 Å². The number of hydrogen-bond acceptors (Lipinski definition) is 3. The van der Waals surface area contributed by atoms with Gasteiger partial charge in [0.15, 0.2) is 0 Å². The molecule has 92 valence electrons. The van der Waals surface area contributed by atoms with Gasteiger partial charge in [0.2, 0.25) is 0 Å². The number of nitriles is 1. The molecule has 0 radical (unpaired) electrons. The Balaban J connectivity index is 2.43. The normalized spacial score (nSPS) is 10.3. The first-order valence-corrected chi connectivity index (χ1v) is 6.82. The number of hydrogen-bond donors (Lipinski definition) is 0. The Labute approximate surface area is 111 Å². The van der Waals surface area contributed by atoms with Crippen LogP contribution in [0.15, 0.2) is 29.2 Å². The minimum absolute atomic E-state index is 0.614. The molecule has 0 saturated carbocycles. The number of rotatable bonds is 3. The van der Waals surface area contributed by atoms with Crippen molar-refractivity contribution in [1.29, 1.82) is 5.26 Å². The van der Waals surface area contributed by atoms with Crippen LogP contribution in [0.25, 0.3) is 11.3 Å². The van der Waals surface area contributed by atoms with Crippen molar-refractivity contribution < 1.29 is 0 Å². The van der Waals surface area contributed by atoms with E-state index in [4.69, 9.17) is 0 Å². The van der Waals surface area contributed by atoms with Crippen LogP contribution in [-0.4, -0.2) is 15.3 Å². The van der Waals surface area contributed by atoms with E-state index in [9.17, 15) is 5.26 Å². The molecule has 2 rings (SSSR count). The Bertz CT molecular complexity index is 591. The van der Waals surface area contributed by atoms with Gasteiger partial charge in [-0.15, -0.1) is 11.8 Å². The topological polar surface area (TPSA) is 41.6 Å². The molecule has 1 aromatic heterocycles. The fourth-order valence-corrected chi connectivity index (χ4v) is 2.48. The lowest BCUT2D eigenvalue weighted by atomic mass is 10.1. The summed E-state index contributed by atoms with van der Waals surface area (Å²) < 4.78 is 1.82. The number of aryl methyl sites for hydroxylation is 1. The zero-order valence-electron chi connectivity index (χ0n) is 10.8. The largest absolute Gasteiger partial charge is 0.323 e. The highest BCUT2D eigenvalue weighted by atomic mass is 32.2. The van der Waals surface area contributed by atoms with Crippen LogP contribution in [0.5, 0.6) is 0 Å². The molecule has 0 atom stereocenters. The van der Waals surface area contributed by atoms with Gasteiger partial charge >= 0.3 is 0 Å². The van der Waals surface area contributed by atoms with E-state index in [1.165, 1.54) is 4.90 Å². The summed E-state index contributed by atoms with van der Waals surface area (Å²) in [6.45, 7) is 4.04. The predicted octanol–water partition coefficient (Wildman–Crippen LogP) is 3.38. The summed E-state index contributed by atoms with van der Waals surface area (Å²) in [5, 5.41) is 9.20. The highest BCUT2D eigenvalue weighted by Crippen LogP contribution is 2.26. The van der Waals surface area contributed by atoms with Crippen molar-refractivity contribution in [3.05, 3.63) is 35.8 Å². The van der Waals surface area contributed by atoms with Gasteiger partial charge in [-0.1, -0.05) is 19.1 Å². The lowest BCUT2D eigenvalue weighted by molar-refractivity contribution is 0.845. The van der Waals surface area contributed by atoms with E-state index in [-0.39, 0.29) is 0 Å². The zero-order chi connectivity index (χ0) is 13.1. The van der Waals surface area contributed by atoms with Gasteiger partial charge in [0, 0.05) is 17.5 Å². The smallest absolute Gasteiger partial charge is 0.147 e. The van der Waals surface area contributed by atoms with Crippen LogP contribution >= 0.6 is 11.8 Å². The Morgan fingerprint density at radius 1 is 1.33 bits per heavy atom. The first kappa shape index (κ1) is 12.7. The Morgan fingerprint density at radius 2 is 2.00 bits per heavy atom. The molecule has 0 N–H and O–H groups in total. The molecule has 4 heteroatoms. The quantitative estimate of drug-likeness (QED) is 0.791. The molecule has 1 heterocycles. The molecule has 0 aliphatic carbocycles. The number of thioether (sulfide) groups is 1. The molecule has 0 bridgehead atoms. The molecule has 0 fully saturated rings. The second-order valence-electron chi connectivity index (χ2n) is 3.98. The summed E-state index contributed by atoms with van der Waals surface area (Å²) in [4.78, 5) is 5.70. The summed E-state index contributed by atoms with van der Waals surface area (Å²) >= 11 is 1.81. The molecule has 0 aliphatic rings. The van der Waals surface area contributed by atoms with Gasteiger partial charge in [-0.2, -0.15) is 5.26 Å². The average Bonchev–Trinajstić information content (AvgIpc) is 2.67. The summed E-state index contributed by atoms with van der Waals surface area (Å²) in [7, 11) is 1.87. The van der Waals surface area contributed by atoms with Crippen LogP contribution in [-0.2, 0) is 7.05 Å². The van der Waals surface area contributed by atoms with Gasteiger partial charge in [-0.3, -0.25) is 0 Å². The van der Waals surface area contributed by atoms with Crippen molar-refractivity contribution in [1.82, 2.24) is 9.55 Å². The molecular formula is C14H15N3S. The van der Waals surface area contributed by atoms with E-state index in [0.717, 1.165) is 22.8 Å². The molecular weight excluding hydrogens is 242 g/mol. The van der Waals surface area contributed by atoms with E-state index in [0.29, 0.717) is 5.69 Å². The maximum absolute atomic E-state index is 9.20. The molecule has 0 amide bonds. The maximum Gasteiger partial charge on any atom is 0.147 e. The first-order valence-electron chi connectivity index (χ1n) is 5.84. The van der Waals surface area contributed by atoms with Gasteiger partial charge in [0.05, 0.1) is 0 Å². The van der Waals surface area contributed by atoms with Gasteiger partial charge < -0.3 is 4.57 Å². The van der Waals surface area contributed by atoms with Gasteiger partial charge in [0.25, 0.3) is 0 Å². The second kappa shape index (κ2) is 5.28. The molecule has 3 nitrogen and oxygen atoms in total. The minimum atomic E-state index is 0.614. The van der Waals surface area contributed by atoms with Crippen molar-refractivity contribution in [3.8, 4) is 17.3 Å². The van der Waals surface area contributed by atoms with Crippen molar-refractivity contribution in [2.75, 3.05) is 5.75 Å². The third-order valence-corrected chi connectivity index (χ3v) is 3.76. The molecule has 1 aromatic carbocycles. The Kier molecular flexibility index (Phi) is 3.73. The monoisotopic (exact) mass is 257 g/mol. The van der Waals surface area contributed by atoms with Crippen molar-refractivity contribution >= 4 is 11.8 Å². The highest BCUT2D eigenvalue weighted by Gasteiger charge is 2.13. The van der Waals surface area contributed by atoms with Gasteiger partial charge in [-0.05, 0) is 24.8 Å². The molecule has 0 unspecified atom stereocenters. The van der Waals surface area contributed by atoms with Crippen LogP contribution in [0.4, 0.5) is 0 Å². The summed E-state index contributed by atoms with van der Waals surface area (Å²) in [5.74, 6) is 1.92. The van der Waals surface area contributed by atoms with Crippen LogP contribution in [0.1, 0.15) is 18.4 Å². The van der Waals surface area contributed by atoms with Crippen molar-refractivity contribution in [2.24, 2.45) is 7.05 Å². The fourth-order valence-electron chi connectivity index (χ4n) is 1.82. The van der Waals surface area contributed by atoms with Crippen molar-refractivity contribution in [2.45, 2.75) is 18.7 Å². The third kappa shape index (κ3) is 2.27. The number of aromatic nitrogens is 2. The summed E-state index contributed by atoms with van der Waals surface area (Å²) in [6.07, 6.45) is 0. The summed E-state index contributed by atoms with van der Waals surface area (Å²) in [5.41, 5.74) is 2.38. The molecule has 2 aromatic rings. The zero-order valence-corrected chi connectivity index (χ0v) is 11.6. The van der Waals surface area contributed by atoms with Gasteiger partial charge in [0.1, 0.15) is 23.3 Å². The standard InChI is InChI=1S/C14H15N3S/c1-4-18-12-7-5-11(6-8-12)14-13(9-15)17(3)10(2)16-14/h5-8H,4H2,1-3H3. The van der Waals surface area contributed by atoms with E-state index in [2.05, 4.69) is 30.1 Å². The molecule has 0 saturated heterocycles.